The summed E-state index contributed by atoms with van der Waals surface area (Å²) >= 11 is 12.3. The Bertz CT molecular complexity index is 1000. The molecule has 1 aliphatic heterocycles. The highest BCUT2D eigenvalue weighted by Crippen LogP contribution is 2.46. The summed E-state index contributed by atoms with van der Waals surface area (Å²) in [5.41, 5.74) is 5.85. The molecule has 0 bridgehead atoms. The minimum absolute atomic E-state index is 0.0419. The van der Waals surface area contributed by atoms with Gasteiger partial charge in [-0.1, -0.05) is 23.2 Å². The van der Waals surface area contributed by atoms with Gasteiger partial charge in [0.25, 0.3) is 0 Å². The Morgan fingerprint density at radius 2 is 2.04 bits per heavy atom. The third-order valence-corrected chi connectivity index (χ3v) is 4.31. The molecule has 2 N–H and O–H groups in total. The summed E-state index contributed by atoms with van der Waals surface area (Å²) in [4.78, 5) is 12.5. The van der Waals surface area contributed by atoms with Crippen LogP contribution in [0.5, 0.6) is 11.5 Å². The van der Waals surface area contributed by atoms with Crippen LogP contribution in [0.1, 0.15) is 22.8 Å². The SMILES string of the molecule is COc1c(Cl)cc(Cl)cc1[C@H]1C(C#N)=C(N)Oc2cc(C)oc(=O)c21. The number of hydrogen-bond donors (Lipinski definition) is 1. The number of halogens is 2. The van der Waals surface area contributed by atoms with Crippen molar-refractivity contribution in [2.45, 2.75) is 12.8 Å². The predicted octanol–water partition coefficient (Wildman–Crippen LogP) is 3.48. The molecule has 8 heteroatoms. The third kappa shape index (κ3) is 2.82. The van der Waals surface area contributed by atoms with E-state index in [2.05, 4.69) is 0 Å². The average molecular weight is 379 g/mol. The van der Waals surface area contributed by atoms with Gasteiger partial charge in [-0.15, -0.1) is 0 Å². The first-order valence-electron chi connectivity index (χ1n) is 7.12. The number of benzene rings is 1. The molecule has 2 heterocycles. The molecule has 1 aromatic carbocycles. The van der Waals surface area contributed by atoms with Crippen molar-refractivity contribution in [3.63, 3.8) is 0 Å². The fourth-order valence-corrected chi connectivity index (χ4v) is 3.43. The van der Waals surface area contributed by atoms with Crippen molar-refractivity contribution < 1.29 is 13.9 Å². The quantitative estimate of drug-likeness (QED) is 0.858. The number of nitrogens with two attached hydrogens (primary N) is 1. The maximum Gasteiger partial charge on any atom is 0.343 e. The van der Waals surface area contributed by atoms with Gasteiger partial charge in [0, 0.05) is 16.7 Å². The second kappa shape index (κ2) is 6.36. The molecule has 0 unspecified atom stereocenters. The summed E-state index contributed by atoms with van der Waals surface area (Å²) in [6.45, 7) is 1.61. The standard InChI is InChI=1S/C17H12Cl2N2O4/c1-7-3-12-14(17(22)24-7)13(10(6-20)16(21)25-12)9-4-8(18)5-11(19)15(9)23-2/h3-5,13H,21H2,1-2H3/t13-/m0/s1. The molecule has 1 atom stereocenters. The minimum atomic E-state index is -0.878. The lowest BCUT2D eigenvalue weighted by molar-refractivity contribution is 0.367. The Labute approximate surface area is 153 Å². The molecule has 128 valence electrons. The maximum absolute atomic E-state index is 12.5. The molecule has 0 aliphatic carbocycles. The van der Waals surface area contributed by atoms with Crippen molar-refractivity contribution in [3.8, 4) is 17.6 Å². The maximum atomic E-state index is 12.5. The first-order valence-corrected chi connectivity index (χ1v) is 7.88. The van der Waals surface area contributed by atoms with Gasteiger partial charge in [-0.2, -0.15) is 5.26 Å². The van der Waals surface area contributed by atoms with E-state index in [1.807, 2.05) is 6.07 Å². The lowest BCUT2D eigenvalue weighted by atomic mass is 9.84. The molecule has 3 rings (SSSR count). The number of hydrogen-bond acceptors (Lipinski definition) is 6. The number of ether oxygens (including phenoxy) is 2. The lowest BCUT2D eigenvalue weighted by Gasteiger charge is -2.26. The van der Waals surface area contributed by atoms with Crippen molar-refractivity contribution in [1.29, 1.82) is 5.26 Å². The van der Waals surface area contributed by atoms with Crippen molar-refractivity contribution >= 4 is 23.2 Å². The lowest BCUT2D eigenvalue weighted by Crippen LogP contribution is -2.26. The molecule has 1 aromatic heterocycles. The van der Waals surface area contributed by atoms with Crippen LogP contribution in [-0.4, -0.2) is 7.11 Å². The normalized spacial score (nSPS) is 16.0. The number of rotatable bonds is 2. The van der Waals surface area contributed by atoms with Gasteiger partial charge in [-0.25, -0.2) is 4.79 Å². The molecule has 1 aliphatic rings. The molecule has 2 aromatic rings. The molecule has 0 radical (unpaired) electrons. The van der Waals surface area contributed by atoms with Gasteiger partial charge >= 0.3 is 5.63 Å². The highest BCUT2D eigenvalue weighted by atomic mass is 35.5. The molecule has 6 nitrogen and oxygen atoms in total. The van der Waals surface area contributed by atoms with E-state index in [1.54, 1.807) is 13.0 Å². The molecule has 25 heavy (non-hydrogen) atoms. The number of nitrogens with zero attached hydrogens (tertiary/aromatic N) is 1. The van der Waals surface area contributed by atoms with Gasteiger partial charge in [0.15, 0.2) is 0 Å². The van der Waals surface area contributed by atoms with E-state index in [0.29, 0.717) is 16.3 Å². The van der Waals surface area contributed by atoms with Crippen molar-refractivity contribution in [1.82, 2.24) is 0 Å². The van der Waals surface area contributed by atoms with Crippen LogP contribution in [0.25, 0.3) is 0 Å². The summed E-state index contributed by atoms with van der Waals surface area (Å²) in [6, 6.07) is 6.58. The van der Waals surface area contributed by atoms with E-state index in [1.165, 1.54) is 19.2 Å². The summed E-state index contributed by atoms with van der Waals surface area (Å²) < 4.78 is 16.0. The monoisotopic (exact) mass is 378 g/mol. The fourth-order valence-electron chi connectivity index (χ4n) is 2.84. The largest absolute Gasteiger partial charge is 0.495 e. The van der Waals surface area contributed by atoms with E-state index in [0.717, 1.165) is 0 Å². The average Bonchev–Trinajstić information content (AvgIpc) is 2.52. The zero-order chi connectivity index (χ0) is 18.3. The number of allylic oxidation sites excluding steroid dienone is 1. The second-order valence-corrected chi connectivity index (χ2v) is 6.20. The highest BCUT2D eigenvalue weighted by Gasteiger charge is 2.36. The predicted molar refractivity (Wildman–Crippen MR) is 92.0 cm³/mol. The topological polar surface area (TPSA) is 98.5 Å². The molecule has 0 fully saturated rings. The van der Waals surface area contributed by atoms with Crippen LogP contribution in [0.15, 0.2) is 38.9 Å². The van der Waals surface area contributed by atoms with Crippen LogP contribution in [0.3, 0.4) is 0 Å². The fraction of sp³-hybridized carbons (Fsp3) is 0.176. The first-order chi connectivity index (χ1) is 11.9. The molecule has 0 spiro atoms. The zero-order valence-corrected chi connectivity index (χ0v) is 14.7. The van der Waals surface area contributed by atoms with E-state index in [9.17, 15) is 10.1 Å². The third-order valence-electron chi connectivity index (χ3n) is 3.81. The minimum Gasteiger partial charge on any atom is -0.495 e. The van der Waals surface area contributed by atoms with Crippen molar-refractivity contribution in [3.05, 3.63) is 67.0 Å². The number of aryl methyl sites for hydroxylation is 1. The Balaban J connectivity index is 2.40. The van der Waals surface area contributed by atoms with E-state index in [4.69, 9.17) is 42.8 Å². The van der Waals surface area contributed by atoms with Crippen LogP contribution in [0.2, 0.25) is 10.0 Å². The van der Waals surface area contributed by atoms with Crippen molar-refractivity contribution in [2.24, 2.45) is 5.73 Å². The van der Waals surface area contributed by atoms with Crippen LogP contribution in [0.4, 0.5) is 0 Å². The van der Waals surface area contributed by atoms with Crippen LogP contribution >= 0.6 is 23.2 Å². The van der Waals surface area contributed by atoms with Crippen molar-refractivity contribution in [2.75, 3.05) is 7.11 Å². The van der Waals surface area contributed by atoms with Gasteiger partial charge in [0.1, 0.15) is 28.9 Å². The molecule has 0 saturated heterocycles. The van der Waals surface area contributed by atoms with Gasteiger partial charge in [0.2, 0.25) is 5.88 Å². The zero-order valence-electron chi connectivity index (χ0n) is 13.2. The van der Waals surface area contributed by atoms with Crippen LogP contribution in [0, 0.1) is 18.3 Å². The van der Waals surface area contributed by atoms with Crippen LogP contribution in [-0.2, 0) is 0 Å². The van der Waals surface area contributed by atoms with E-state index >= 15 is 0 Å². The molecular weight excluding hydrogens is 367 g/mol. The summed E-state index contributed by atoms with van der Waals surface area (Å²) in [5.74, 6) is -0.135. The molecular formula is C17H12Cl2N2O4. The van der Waals surface area contributed by atoms with Crippen LogP contribution < -0.4 is 20.8 Å². The Morgan fingerprint density at radius 3 is 2.68 bits per heavy atom. The highest BCUT2D eigenvalue weighted by molar-refractivity contribution is 6.35. The Morgan fingerprint density at radius 1 is 1.32 bits per heavy atom. The summed E-state index contributed by atoms with van der Waals surface area (Å²) in [6.07, 6.45) is 0. The van der Waals surface area contributed by atoms with Gasteiger partial charge in [0.05, 0.1) is 23.6 Å². The Hall–Kier alpha value is -2.62. The number of nitriles is 1. The summed E-state index contributed by atoms with van der Waals surface area (Å²) in [5, 5.41) is 10.1. The van der Waals surface area contributed by atoms with Gasteiger partial charge < -0.3 is 19.6 Å². The first kappa shape index (κ1) is 17.2. The molecule has 0 amide bonds. The van der Waals surface area contributed by atoms with E-state index < -0.39 is 11.5 Å². The summed E-state index contributed by atoms with van der Waals surface area (Å²) in [7, 11) is 1.43. The van der Waals surface area contributed by atoms with Gasteiger partial charge in [-0.3, -0.25) is 0 Å². The second-order valence-electron chi connectivity index (χ2n) is 5.36. The van der Waals surface area contributed by atoms with E-state index in [-0.39, 0.29) is 33.5 Å². The smallest absolute Gasteiger partial charge is 0.343 e. The van der Waals surface area contributed by atoms with Gasteiger partial charge in [-0.05, 0) is 19.1 Å². The molecule has 0 saturated carbocycles. The Kier molecular flexibility index (Phi) is 4.38. The number of fused-ring (bicyclic) bond motifs is 1. The number of methoxy groups -OCH3 is 1.